The van der Waals surface area contributed by atoms with Gasteiger partial charge in [-0.1, -0.05) is 0 Å². The number of nitrogens with zero attached hydrogens (tertiary/aromatic N) is 3. The second-order valence-electron chi connectivity index (χ2n) is 2.86. The van der Waals surface area contributed by atoms with Gasteiger partial charge >= 0.3 is 11.8 Å². The number of nitro groups is 1. The summed E-state index contributed by atoms with van der Waals surface area (Å²) < 4.78 is 6.64. The lowest BCUT2D eigenvalue weighted by Crippen LogP contribution is -2.36. The van der Waals surface area contributed by atoms with Crippen LogP contribution >= 0.6 is 0 Å². The fourth-order valence-corrected chi connectivity index (χ4v) is 1.21. The molecule has 0 aliphatic carbocycles. The molecule has 0 aromatic carbocycles. The molecule has 1 aromatic heterocycles. The Labute approximate surface area is 73.3 Å². The smallest absolute Gasteiger partial charge is 0.414 e. The van der Waals surface area contributed by atoms with Crippen LogP contribution in [-0.4, -0.2) is 27.1 Å². The average molecular weight is 184 g/mol. The van der Waals surface area contributed by atoms with Gasteiger partial charge in [0.05, 0.1) is 6.04 Å². The summed E-state index contributed by atoms with van der Waals surface area (Å²) >= 11 is 0. The van der Waals surface area contributed by atoms with Crippen LogP contribution in [-0.2, 0) is 6.54 Å². The molecule has 1 aliphatic heterocycles. The number of rotatable bonds is 1. The van der Waals surface area contributed by atoms with Crippen molar-refractivity contribution >= 4 is 5.82 Å². The fraction of sp³-hybridized carbons (Fsp3) is 0.500. The lowest BCUT2D eigenvalue weighted by Gasteiger charge is -2.17. The summed E-state index contributed by atoms with van der Waals surface area (Å²) in [6.07, 6.45) is 1.33. The topological polar surface area (TPSA) is 96.2 Å². The van der Waals surface area contributed by atoms with Crippen molar-refractivity contribution in [3.63, 3.8) is 0 Å². The lowest BCUT2D eigenvalue weighted by molar-refractivity contribution is -0.389. The zero-order chi connectivity index (χ0) is 9.42. The molecule has 0 bridgehead atoms. The molecule has 2 heterocycles. The van der Waals surface area contributed by atoms with Gasteiger partial charge in [0.2, 0.25) is 0 Å². The van der Waals surface area contributed by atoms with Gasteiger partial charge in [0.1, 0.15) is 12.8 Å². The predicted octanol–water partition coefficient (Wildman–Crippen LogP) is -0.489. The van der Waals surface area contributed by atoms with Crippen LogP contribution in [0.25, 0.3) is 0 Å². The highest BCUT2D eigenvalue weighted by atomic mass is 16.6. The Morgan fingerprint density at radius 3 is 3.31 bits per heavy atom. The number of ether oxygens (including phenoxy) is 1. The SMILES string of the molecule is N[C@@H]1COc2nc([N+](=O)[O-])cn2C1. The first-order valence-corrected chi connectivity index (χ1v) is 3.77. The van der Waals surface area contributed by atoms with Gasteiger partial charge in [-0.2, -0.15) is 0 Å². The molecule has 0 unspecified atom stereocenters. The van der Waals surface area contributed by atoms with Crippen LogP contribution in [0, 0.1) is 10.1 Å². The Bertz CT molecular complexity index is 348. The van der Waals surface area contributed by atoms with Gasteiger partial charge in [0, 0.05) is 11.5 Å². The van der Waals surface area contributed by atoms with Gasteiger partial charge in [-0.15, -0.1) is 0 Å². The Morgan fingerprint density at radius 2 is 2.62 bits per heavy atom. The third-order valence-electron chi connectivity index (χ3n) is 1.77. The summed E-state index contributed by atoms with van der Waals surface area (Å²) in [5, 5.41) is 10.3. The molecule has 0 radical (unpaired) electrons. The van der Waals surface area contributed by atoms with Crippen LogP contribution < -0.4 is 10.5 Å². The second-order valence-corrected chi connectivity index (χ2v) is 2.86. The normalized spacial score (nSPS) is 20.5. The molecule has 0 amide bonds. The van der Waals surface area contributed by atoms with Crippen LogP contribution in [0.3, 0.4) is 0 Å². The largest absolute Gasteiger partial charge is 0.444 e. The predicted molar refractivity (Wildman–Crippen MR) is 42.4 cm³/mol. The van der Waals surface area contributed by atoms with Crippen LogP contribution in [0.5, 0.6) is 6.01 Å². The number of imidazole rings is 1. The molecule has 0 fully saturated rings. The zero-order valence-corrected chi connectivity index (χ0v) is 6.71. The number of hydrogen-bond acceptors (Lipinski definition) is 5. The van der Waals surface area contributed by atoms with E-state index in [1.165, 1.54) is 6.20 Å². The van der Waals surface area contributed by atoms with E-state index in [4.69, 9.17) is 10.5 Å². The maximum Gasteiger partial charge on any atom is 0.414 e. The van der Waals surface area contributed by atoms with Crippen molar-refractivity contribution < 1.29 is 9.66 Å². The Hall–Kier alpha value is -1.63. The Balaban J connectivity index is 2.33. The lowest BCUT2D eigenvalue weighted by atomic mass is 10.3. The van der Waals surface area contributed by atoms with Crippen LogP contribution in [0.4, 0.5) is 5.82 Å². The summed E-state index contributed by atoms with van der Waals surface area (Å²) in [6, 6.07) is 0.148. The first kappa shape index (κ1) is 7.99. The molecule has 0 saturated heterocycles. The van der Waals surface area contributed by atoms with Crippen molar-refractivity contribution in [1.29, 1.82) is 0 Å². The number of nitrogens with two attached hydrogens (primary N) is 1. The van der Waals surface area contributed by atoms with Crippen LogP contribution in [0.2, 0.25) is 0 Å². The molecule has 0 saturated carbocycles. The van der Waals surface area contributed by atoms with Crippen molar-refractivity contribution in [2.24, 2.45) is 5.73 Å². The van der Waals surface area contributed by atoms with E-state index in [0.29, 0.717) is 13.2 Å². The van der Waals surface area contributed by atoms with E-state index in [1.807, 2.05) is 0 Å². The van der Waals surface area contributed by atoms with Crippen LogP contribution in [0.1, 0.15) is 0 Å². The number of fused-ring (bicyclic) bond motifs is 1. The molecule has 70 valence electrons. The van der Waals surface area contributed by atoms with Crippen molar-refractivity contribution in [1.82, 2.24) is 9.55 Å². The van der Waals surface area contributed by atoms with E-state index in [2.05, 4.69) is 4.98 Å². The van der Waals surface area contributed by atoms with Gasteiger partial charge in [0.25, 0.3) is 0 Å². The Morgan fingerprint density at radius 1 is 1.85 bits per heavy atom. The highest BCUT2D eigenvalue weighted by molar-refractivity contribution is 5.21. The maximum atomic E-state index is 10.3. The molecular weight excluding hydrogens is 176 g/mol. The van der Waals surface area contributed by atoms with Gasteiger partial charge in [-0.3, -0.25) is 4.57 Å². The number of aromatic nitrogens is 2. The third kappa shape index (κ3) is 1.33. The minimum Gasteiger partial charge on any atom is -0.444 e. The van der Waals surface area contributed by atoms with E-state index in [0.717, 1.165) is 0 Å². The molecule has 7 heteroatoms. The molecule has 13 heavy (non-hydrogen) atoms. The fourth-order valence-electron chi connectivity index (χ4n) is 1.21. The van der Waals surface area contributed by atoms with Gasteiger partial charge in [0.15, 0.2) is 0 Å². The van der Waals surface area contributed by atoms with E-state index < -0.39 is 4.92 Å². The molecule has 0 spiro atoms. The van der Waals surface area contributed by atoms with E-state index in [1.54, 1.807) is 4.57 Å². The number of hydrogen-bond donors (Lipinski definition) is 1. The molecule has 2 N–H and O–H groups in total. The quantitative estimate of drug-likeness (QED) is 0.469. The zero-order valence-electron chi connectivity index (χ0n) is 6.71. The van der Waals surface area contributed by atoms with Gasteiger partial charge in [-0.05, 0) is 4.92 Å². The van der Waals surface area contributed by atoms with E-state index in [9.17, 15) is 10.1 Å². The van der Waals surface area contributed by atoms with Crippen molar-refractivity contribution in [3.05, 3.63) is 16.3 Å². The molecule has 1 atom stereocenters. The van der Waals surface area contributed by atoms with Gasteiger partial charge < -0.3 is 20.6 Å². The van der Waals surface area contributed by atoms with Gasteiger partial charge in [-0.25, -0.2) is 0 Å². The summed E-state index contributed by atoms with van der Waals surface area (Å²) in [5.74, 6) is -0.205. The summed E-state index contributed by atoms with van der Waals surface area (Å²) in [6.45, 7) is 0.865. The summed E-state index contributed by atoms with van der Waals surface area (Å²) in [5.41, 5.74) is 5.59. The molecular formula is C6H8N4O3. The first-order valence-electron chi connectivity index (χ1n) is 3.77. The summed E-state index contributed by atoms with van der Waals surface area (Å²) in [4.78, 5) is 13.5. The van der Waals surface area contributed by atoms with Crippen molar-refractivity contribution in [2.45, 2.75) is 12.6 Å². The highest BCUT2D eigenvalue weighted by Crippen LogP contribution is 2.20. The first-order chi connectivity index (χ1) is 6.16. The highest BCUT2D eigenvalue weighted by Gasteiger charge is 2.25. The minimum absolute atomic E-state index is 0.124. The molecule has 7 nitrogen and oxygen atoms in total. The van der Waals surface area contributed by atoms with Crippen LogP contribution in [0.15, 0.2) is 6.20 Å². The minimum atomic E-state index is -0.555. The monoisotopic (exact) mass is 184 g/mol. The third-order valence-corrected chi connectivity index (χ3v) is 1.77. The molecule has 1 aliphatic rings. The second kappa shape index (κ2) is 2.70. The standard InChI is InChI=1S/C6H8N4O3/c7-4-1-9-2-5(10(11)12)8-6(9)13-3-4/h2,4H,1,3,7H2/t4-/m0/s1. The molecule has 2 rings (SSSR count). The van der Waals surface area contributed by atoms with Crippen molar-refractivity contribution in [3.8, 4) is 6.01 Å². The van der Waals surface area contributed by atoms with E-state index in [-0.39, 0.29) is 17.9 Å². The molecule has 1 aromatic rings. The average Bonchev–Trinajstić information content (AvgIpc) is 2.46. The Kier molecular flexibility index (Phi) is 1.66. The van der Waals surface area contributed by atoms with Crippen molar-refractivity contribution in [2.75, 3.05) is 6.61 Å². The van der Waals surface area contributed by atoms with E-state index >= 15 is 0 Å². The maximum absolute atomic E-state index is 10.3. The summed E-state index contributed by atoms with van der Waals surface area (Å²) in [7, 11) is 0.